The van der Waals surface area contributed by atoms with Crippen LogP contribution in [0.1, 0.15) is 6.42 Å². The zero-order chi connectivity index (χ0) is 7.56. The molecule has 0 bridgehead atoms. The van der Waals surface area contributed by atoms with Gasteiger partial charge in [0.15, 0.2) is 0 Å². The van der Waals surface area contributed by atoms with Crippen LogP contribution < -0.4 is 0 Å². The Morgan fingerprint density at radius 2 is 2.50 bits per heavy atom. The standard InChI is InChI=1S/C6H10FNO2/c1-10-6(9)8-3-2-5(7)4-8/h5H,2-4H2,1H3/t5-/m0/s1. The molecule has 3 nitrogen and oxygen atoms in total. The van der Waals surface area contributed by atoms with E-state index in [9.17, 15) is 9.18 Å². The Morgan fingerprint density at radius 1 is 1.80 bits per heavy atom. The van der Waals surface area contributed by atoms with Crippen LogP contribution in [-0.2, 0) is 4.74 Å². The minimum Gasteiger partial charge on any atom is -0.453 e. The van der Waals surface area contributed by atoms with Gasteiger partial charge in [0.05, 0.1) is 13.7 Å². The molecule has 1 amide bonds. The van der Waals surface area contributed by atoms with Crippen molar-refractivity contribution in [2.75, 3.05) is 20.2 Å². The minimum absolute atomic E-state index is 0.187. The maximum atomic E-state index is 12.4. The van der Waals surface area contributed by atoms with Crippen LogP contribution in [0.25, 0.3) is 0 Å². The fraction of sp³-hybridized carbons (Fsp3) is 0.833. The summed E-state index contributed by atoms with van der Waals surface area (Å²) in [7, 11) is 1.30. The van der Waals surface area contributed by atoms with Crippen molar-refractivity contribution in [1.29, 1.82) is 0 Å². The second kappa shape index (κ2) is 2.86. The molecule has 10 heavy (non-hydrogen) atoms. The quantitative estimate of drug-likeness (QED) is 0.507. The van der Waals surface area contributed by atoms with Crippen molar-refractivity contribution in [3.8, 4) is 0 Å². The number of carbonyl (C=O) groups excluding carboxylic acids is 1. The van der Waals surface area contributed by atoms with E-state index in [2.05, 4.69) is 4.74 Å². The summed E-state index contributed by atoms with van der Waals surface area (Å²) in [6, 6.07) is 0. The molecule has 1 rings (SSSR count). The van der Waals surface area contributed by atoms with E-state index in [4.69, 9.17) is 0 Å². The van der Waals surface area contributed by atoms with Gasteiger partial charge < -0.3 is 9.64 Å². The van der Waals surface area contributed by atoms with E-state index in [1.54, 1.807) is 0 Å². The first-order chi connectivity index (χ1) is 4.74. The highest BCUT2D eigenvalue weighted by Gasteiger charge is 2.25. The number of carbonyl (C=O) groups is 1. The van der Waals surface area contributed by atoms with Crippen molar-refractivity contribution >= 4 is 6.09 Å². The Kier molecular flexibility index (Phi) is 2.09. The van der Waals surface area contributed by atoms with Gasteiger partial charge in [0.25, 0.3) is 0 Å². The van der Waals surface area contributed by atoms with Crippen molar-refractivity contribution in [2.24, 2.45) is 0 Å². The third-order valence-electron chi connectivity index (χ3n) is 1.56. The predicted molar refractivity (Wildman–Crippen MR) is 33.5 cm³/mol. The fourth-order valence-electron chi connectivity index (χ4n) is 1.01. The number of methoxy groups -OCH3 is 1. The SMILES string of the molecule is COC(=O)N1CC[C@H](F)C1. The summed E-state index contributed by atoms with van der Waals surface area (Å²) >= 11 is 0. The molecule has 0 aromatic carbocycles. The van der Waals surface area contributed by atoms with Crippen LogP contribution in [0.2, 0.25) is 0 Å². The van der Waals surface area contributed by atoms with Crippen LogP contribution in [0, 0.1) is 0 Å². The van der Waals surface area contributed by atoms with E-state index < -0.39 is 12.3 Å². The monoisotopic (exact) mass is 147 g/mol. The van der Waals surface area contributed by atoms with Crippen LogP contribution >= 0.6 is 0 Å². The lowest BCUT2D eigenvalue weighted by molar-refractivity contribution is 0.130. The van der Waals surface area contributed by atoms with Crippen molar-refractivity contribution < 1.29 is 13.9 Å². The molecule has 1 heterocycles. The van der Waals surface area contributed by atoms with E-state index in [0.29, 0.717) is 13.0 Å². The highest BCUT2D eigenvalue weighted by Crippen LogP contribution is 2.12. The first kappa shape index (κ1) is 7.31. The molecular weight excluding hydrogens is 137 g/mol. The molecule has 0 radical (unpaired) electrons. The second-order valence-corrected chi connectivity index (χ2v) is 2.30. The van der Waals surface area contributed by atoms with Gasteiger partial charge >= 0.3 is 6.09 Å². The molecular formula is C6H10FNO2. The molecule has 1 fully saturated rings. The normalized spacial score (nSPS) is 25.0. The van der Waals surface area contributed by atoms with Crippen LogP contribution in [0.15, 0.2) is 0 Å². The number of hydrogen-bond donors (Lipinski definition) is 0. The van der Waals surface area contributed by atoms with Crippen LogP contribution in [0.3, 0.4) is 0 Å². The molecule has 0 aliphatic carbocycles. The van der Waals surface area contributed by atoms with Crippen molar-refractivity contribution in [3.05, 3.63) is 0 Å². The van der Waals surface area contributed by atoms with Gasteiger partial charge in [-0.2, -0.15) is 0 Å². The van der Waals surface area contributed by atoms with Crippen molar-refractivity contribution in [1.82, 2.24) is 4.90 Å². The smallest absolute Gasteiger partial charge is 0.409 e. The number of amides is 1. The summed E-state index contributed by atoms with van der Waals surface area (Å²) in [5.74, 6) is 0. The molecule has 1 saturated heterocycles. The van der Waals surface area contributed by atoms with Crippen LogP contribution in [0.4, 0.5) is 9.18 Å². The summed E-state index contributed by atoms with van der Waals surface area (Å²) in [5.41, 5.74) is 0. The number of hydrogen-bond acceptors (Lipinski definition) is 2. The number of ether oxygens (including phenoxy) is 1. The van der Waals surface area contributed by atoms with Gasteiger partial charge in [0.2, 0.25) is 0 Å². The summed E-state index contributed by atoms with van der Waals surface area (Å²) in [6.45, 7) is 0.667. The van der Waals surface area contributed by atoms with Crippen LogP contribution in [0.5, 0.6) is 0 Å². The first-order valence-corrected chi connectivity index (χ1v) is 3.21. The lowest BCUT2D eigenvalue weighted by Crippen LogP contribution is -2.28. The molecule has 1 aliphatic heterocycles. The van der Waals surface area contributed by atoms with Gasteiger partial charge in [-0.3, -0.25) is 0 Å². The molecule has 0 N–H and O–H groups in total. The number of likely N-dealkylation sites (tertiary alicyclic amines) is 1. The summed E-state index contributed by atoms with van der Waals surface area (Å²) in [5, 5.41) is 0. The third-order valence-corrected chi connectivity index (χ3v) is 1.56. The second-order valence-electron chi connectivity index (χ2n) is 2.30. The Balaban J connectivity index is 2.37. The summed E-state index contributed by atoms with van der Waals surface area (Å²) in [6.07, 6.45) is -0.853. The molecule has 58 valence electrons. The largest absolute Gasteiger partial charge is 0.453 e. The van der Waals surface area contributed by atoms with Gasteiger partial charge in [-0.25, -0.2) is 9.18 Å². The molecule has 1 aliphatic rings. The average Bonchev–Trinajstić information content (AvgIpc) is 2.34. The van der Waals surface area contributed by atoms with E-state index in [0.717, 1.165) is 0 Å². The number of halogens is 1. The maximum Gasteiger partial charge on any atom is 0.409 e. The number of alkyl halides is 1. The Labute approximate surface area is 58.8 Å². The number of rotatable bonds is 0. The number of nitrogens with zero attached hydrogens (tertiary/aromatic N) is 1. The van der Waals surface area contributed by atoms with Crippen molar-refractivity contribution in [2.45, 2.75) is 12.6 Å². The first-order valence-electron chi connectivity index (χ1n) is 3.21. The molecule has 0 aromatic rings. The minimum atomic E-state index is -0.862. The Morgan fingerprint density at radius 3 is 2.90 bits per heavy atom. The lowest BCUT2D eigenvalue weighted by atomic mass is 10.3. The maximum absolute atomic E-state index is 12.4. The van der Waals surface area contributed by atoms with Crippen LogP contribution in [-0.4, -0.2) is 37.4 Å². The summed E-state index contributed by atoms with van der Waals surface area (Å²) < 4.78 is 16.8. The molecule has 0 unspecified atom stereocenters. The molecule has 1 atom stereocenters. The van der Waals surface area contributed by atoms with Crippen molar-refractivity contribution in [3.63, 3.8) is 0 Å². The van der Waals surface area contributed by atoms with E-state index in [1.165, 1.54) is 12.0 Å². The summed E-state index contributed by atoms with van der Waals surface area (Å²) in [4.78, 5) is 12.1. The molecule has 0 aromatic heterocycles. The zero-order valence-electron chi connectivity index (χ0n) is 5.84. The van der Waals surface area contributed by atoms with Gasteiger partial charge in [-0.15, -0.1) is 0 Å². The third kappa shape index (κ3) is 1.37. The molecule has 4 heteroatoms. The van der Waals surface area contributed by atoms with E-state index >= 15 is 0 Å². The lowest BCUT2D eigenvalue weighted by Gasteiger charge is -2.11. The fourth-order valence-corrected chi connectivity index (χ4v) is 1.01. The van der Waals surface area contributed by atoms with Gasteiger partial charge in [0, 0.05) is 6.54 Å². The van der Waals surface area contributed by atoms with E-state index in [-0.39, 0.29) is 6.54 Å². The highest BCUT2D eigenvalue weighted by molar-refractivity contribution is 5.67. The van der Waals surface area contributed by atoms with Gasteiger partial charge in [0.1, 0.15) is 6.17 Å². The Bertz CT molecular complexity index is 140. The topological polar surface area (TPSA) is 29.5 Å². The Hall–Kier alpha value is -0.800. The highest BCUT2D eigenvalue weighted by atomic mass is 19.1. The molecule has 0 saturated carbocycles. The molecule has 0 spiro atoms. The van der Waals surface area contributed by atoms with Gasteiger partial charge in [-0.05, 0) is 6.42 Å². The predicted octanol–water partition coefficient (Wildman–Crippen LogP) is 0.797. The zero-order valence-corrected chi connectivity index (χ0v) is 5.84. The van der Waals surface area contributed by atoms with Gasteiger partial charge in [-0.1, -0.05) is 0 Å². The van der Waals surface area contributed by atoms with E-state index in [1.807, 2.05) is 0 Å². The average molecular weight is 147 g/mol.